The fourth-order valence-electron chi connectivity index (χ4n) is 3.40. The molecule has 8 heteroatoms. The van der Waals surface area contributed by atoms with Crippen molar-refractivity contribution < 1.29 is 23.9 Å². The number of piperazine rings is 1. The fourth-order valence-corrected chi connectivity index (χ4v) is 3.40. The van der Waals surface area contributed by atoms with Gasteiger partial charge in [0.2, 0.25) is 5.91 Å². The zero-order valence-corrected chi connectivity index (χ0v) is 18.1. The van der Waals surface area contributed by atoms with Gasteiger partial charge in [0.25, 0.3) is 0 Å². The monoisotopic (exact) mass is 397 g/mol. The Morgan fingerprint density at radius 2 is 1.57 bits per heavy atom. The van der Waals surface area contributed by atoms with Gasteiger partial charge in [-0.05, 0) is 54.4 Å². The molecule has 2 aliphatic rings. The number of nitrogens with zero attached hydrogens (tertiary/aromatic N) is 3. The summed E-state index contributed by atoms with van der Waals surface area (Å²) in [6.07, 6.45) is 1.31. The van der Waals surface area contributed by atoms with Crippen molar-refractivity contribution in [1.29, 1.82) is 0 Å². The quantitative estimate of drug-likeness (QED) is 0.732. The first-order valence-corrected chi connectivity index (χ1v) is 10.1. The molecule has 2 heterocycles. The Bertz CT molecular complexity index is 594. The molecule has 2 fully saturated rings. The Kier molecular flexibility index (Phi) is 6.83. The summed E-state index contributed by atoms with van der Waals surface area (Å²) >= 11 is 0. The molecule has 0 aliphatic carbocycles. The van der Waals surface area contributed by atoms with Gasteiger partial charge in [-0.3, -0.25) is 4.79 Å². The summed E-state index contributed by atoms with van der Waals surface area (Å²) in [6.45, 7) is 13.5. The zero-order chi connectivity index (χ0) is 21.1. The van der Waals surface area contributed by atoms with E-state index in [1.54, 1.807) is 9.80 Å². The number of likely N-dealkylation sites (tertiary alicyclic amines) is 1. The maximum absolute atomic E-state index is 12.7. The minimum atomic E-state index is -0.588. The predicted molar refractivity (Wildman–Crippen MR) is 105 cm³/mol. The van der Waals surface area contributed by atoms with E-state index in [1.165, 1.54) is 0 Å². The molecular weight excluding hydrogens is 362 g/mol. The van der Waals surface area contributed by atoms with Crippen LogP contribution in [0, 0.1) is 0 Å². The largest absolute Gasteiger partial charge is 0.444 e. The van der Waals surface area contributed by atoms with Crippen molar-refractivity contribution in [3.05, 3.63) is 0 Å². The summed E-state index contributed by atoms with van der Waals surface area (Å²) in [6, 6.07) is -0.218. The van der Waals surface area contributed by atoms with Crippen molar-refractivity contribution in [3.8, 4) is 0 Å². The summed E-state index contributed by atoms with van der Waals surface area (Å²) in [7, 11) is 0. The minimum absolute atomic E-state index is 0.156. The van der Waals surface area contributed by atoms with Crippen LogP contribution in [0.15, 0.2) is 0 Å². The fraction of sp³-hybridized carbons (Fsp3) is 0.850. The Morgan fingerprint density at radius 1 is 0.964 bits per heavy atom. The summed E-state index contributed by atoms with van der Waals surface area (Å²) < 4.78 is 11.0. The molecule has 2 aliphatic heterocycles. The van der Waals surface area contributed by atoms with E-state index in [0.717, 1.165) is 13.0 Å². The molecule has 0 aromatic carbocycles. The molecule has 0 bridgehead atoms. The number of rotatable bonds is 3. The average molecular weight is 398 g/mol. The molecule has 1 unspecified atom stereocenters. The minimum Gasteiger partial charge on any atom is -0.444 e. The first kappa shape index (κ1) is 22.3. The zero-order valence-electron chi connectivity index (χ0n) is 18.1. The lowest BCUT2D eigenvalue weighted by Crippen LogP contribution is -2.58. The number of hydrogen-bond donors (Lipinski definition) is 0. The summed E-state index contributed by atoms with van der Waals surface area (Å²) in [5, 5.41) is 0. The highest BCUT2D eigenvalue weighted by Crippen LogP contribution is 2.21. The molecule has 0 spiro atoms. The van der Waals surface area contributed by atoms with Crippen LogP contribution in [0.5, 0.6) is 0 Å². The number of ether oxygens (including phenoxy) is 2. The lowest BCUT2D eigenvalue weighted by Gasteiger charge is -2.42. The predicted octanol–water partition coefficient (Wildman–Crippen LogP) is 2.86. The van der Waals surface area contributed by atoms with Crippen molar-refractivity contribution in [1.82, 2.24) is 14.7 Å². The molecule has 2 saturated heterocycles. The van der Waals surface area contributed by atoms with Gasteiger partial charge in [0.05, 0.1) is 6.04 Å². The lowest BCUT2D eigenvalue weighted by atomic mass is 10.1. The highest BCUT2D eigenvalue weighted by Gasteiger charge is 2.36. The first-order chi connectivity index (χ1) is 12.9. The van der Waals surface area contributed by atoms with Crippen LogP contribution < -0.4 is 0 Å². The molecule has 1 atom stereocenters. The molecule has 3 amide bonds. The van der Waals surface area contributed by atoms with Crippen molar-refractivity contribution in [2.24, 2.45) is 0 Å². The standard InChI is InChI=1S/C20H35N3O5/c1-19(2,3)27-17(25)22-12-13-23(18(26)28-20(4,5)6)15(14-22)9-11-21-10-7-8-16(21)24/h15H,7-14H2,1-6H3. The molecule has 0 N–H and O–H groups in total. The highest BCUT2D eigenvalue weighted by molar-refractivity contribution is 5.78. The van der Waals surface area contributed by atoms with E-state index in [9.17, 15) is 14.4 Å². The van der Waals surface area contributed by atoms with Gasteiger partial charge >= 0.3 is 12.2 Å². The Morgan fingerprint density at radius 3 is 2.11 bits per heavy atom. The van der Waals surface area contributed by atoms with Crippen LogP contribution >= 0.6 is 0 Å². The molecule has 0 radical (unpaired) electrons. The maximum Gasteiger partial charge on any atom is 0.410 e. The molecule has 0 saturated carbocycles. The second-order valence-electron chi connectivity index (χ2n) is 9.53. The van der Waals surface area contributed by atoms with Crippen LogP contribution in [-0.4, -0.2) is 82.8 Å². The smallest absolute Gasteiger partial charge is 0.410 e. The second kappa shape index (κ2) is 8.57. The average Bonchev–Trinajstić information content (AvgIpc) is 2.94. The van der Waals surface area contributed by atoms with Crippen LogP contribution in [-0.2, 0) is 14.3 Å². The number of amides is 3. The topological polar surface area (TPSA) is 79.4 Å². The summed E-state index contributed by atoms with van der Waals surface area (Å²) in [4.78, 5) is 42.2. The van der Waals surface area contributed by atoms with Crippen LogP contribution in [0.3, 0.4) is 0 Å². The Balaban J connectivity index is 2.06. The van der Waals surface area contributed by atoms with Crippen LogP contribution in [0.25, 0.3) is 0 Å². The van der Waals surface area contributed by atoms with E-state index in [0.29, 0.717) is 39.0 Å². The molecular formula is C20H35N3O5. The Hall–Kier alpha value is -1.99. The van der Waals surface area contributed by atoms with Gasteiger partial charge in [-0.1, -0.05) is 0 Å². The van der Waals surface area contributed by atoms with Gasteiger partial charge in [0, 0.05) is 39.1 Å². The summed E-state index contributed by atoms with van der Waals surface area (Å²) in [5.74, 6) is 0.156. The van der Waals surface area contributed by atoms with E-state index in [1.807, 2.05) is 46.4 Å². The van der Waals surface area contributed by atoms with Gasteiger partial charge in [-0.15, -0.1) is 0 Å². The van der Waals surface area contributed by atoms with Crippen LogP contribution in [0.4, 0.5) is 9.59 Å². The van der Waals surface area contributed by atoms with E-state index < -0.39 is 11.2 Å². The molecule has 8 nitrogen and oxygen atoms in total. The molecule has 0 aromatic heterocycles. The number of carbonyl (C=O) groups excluding carboxylic acids is 3. The SMILES string of the molecule is CC(C)(C)OC(=O)N1CCN(C(=O)OC(C)(C)C)C(CCN2CCCC2=O)C1. The van der Waals surface area contributed by atoms with Crippen molar-refractivity contribution in [2.75, 3.05) is 32.7 Å². The van der Waals surface area contributed by atoms with Gasteiger partial charge in [-0.2, -0.15) is 0 Å². The van der Waals surface area contributed by atoms with E-state index >= 15 is 0 Å². The normalized spacial score (nSPS) is 21.1. The number of hydrogen-bond acceptors (Lipinski definition) is 5. The van der Waals surface area contributed by atoms with E-state index in [4.69, 9.17) is 9.47 Å². The molecule has 160 valence electrons. The van der Waals surface area contributed by atoms with Crippen LogP contribution in [0.2, 0.25) is 0 Å². The molecule has 0 aromatic rings. The number of carbonyl (C=O) groups is 3. The second-order valence-corrected chi connectivity index (χ2v) is 9.53. The van der Waals surface area contributed by atoms with Crippen molar-refractivity contribution in [3.63, 3.8) is 0 Å². The summed E-state index contributed by atoms with van der Waals surface area (Å²) in [5.41, 5.74) is -1.16. The Labute approximate surface area is 168 Å². The lowest BCUT2D eigenvalue weighted by molar-refractivity contribution is -0.127. The van der Waals surface area contributed by atoms with Gasteiger partial charge in [0.15, 0.2) is 0 Å². The van der Waals surface area contributed by atoms with Gasteiger partial charge in [0.1, 0.15) is 11.2 Å². The van der Waals surface area contributed by atoms with Crippen molar-refractivity contribution in [2.45, 2.75) is 78.0 Å². The highest BCUT2D eigenvalue weighted by atomic mass is 16.6. The first-order valence-electron chi connectivity index (χ1n) is 10.1. The van der Waals surface area contributed by atoms with E-state index in [2.05, 4.69) is 0 Å². The van der Waals surface area contributed by atoms with E-state index in [-0.39, 0.29) is 24.1 Å². The third-order valence-corrected chi connectivity index (χ3v) is 4.67. The maximum atomic E-state index is 12.7. The third-order valence-electron chi connectivity index (χ3n) is 4.67. The third kappa shape index (κ3) is 6.56. The van der Waals surface area contributed by atoms with Crippen LogP contribution in [0.1, 0.15) is 60.8 Å². The van der Waals surface area contributed by atoms with Gasteiger partial charge in [-0.25, -0.2) is 9.59 Å². The van der Waals surface area contributed by atoms with Gasteiger partial charge < -0.3 is 24.2 Å². The van der Waals surface area contributed by atoms with Crippen molar-refractivity contribution >= 4 is 18.1 Å². The molecule has 2 rings (SSSR count). The molecule has 28 heavy (non-hydrogen) atoms.